The molecule has 8 bridgehead atoms. The first kappa shape index (κ1) is 64.5. The first-order chi connectivity index (χ1) is 37.0. The normalized spacial score (nSPS) is 19.2. The molecule has 0 saturated carbocycles. The third kappa shape index (κ3) is 22.7. The summed E-state index contributed by atoms with van der Waals surface area (Å²) in [7, 11) is -4.29. The van der Waals surface area contributed by atoms with E-state index in [1.54, 1.807) is 30.3 Å². The molecule has 12 aliphatic rings. The maximum atomic E-state index is 14.0. The fraction of sp³-hybridized carbons (Fsp3) is 0.611. The van der Waals surface area contributed by atoms with Gasteiger partial charge in [0.2, 0.25) is 0 Å². The molecule has 18 nitrogen and oxygen atoms in total. The van der Waals surface area contributed by atoms with Crippen molar-refractivity contribution in [1.29, 1.82) is 0 Å². The van der Waals surface area contributed by atoms with E-state index in [0.717, 1.165) is 34.4 Å². The second kappa shape index (κ2) is 31.6. The Morgan fingerprint density at radius 2 is 0.744 bits per heavy atom. The van der Waals surface area contributed by atoms with Gasteiger partial charge in [-0.25, -0.2) is 9.97 Å². The number of aromatic nitrogens is 3. The van der Waals surface area contributed by atoms with Crippen molar-refractivity contribution in [3.8, 4) is 0 Å². The third-order valence-electron chi connectivity index (χ3n) is 13.1. The van der Waals surface area contributed by atoms with Crippen LogP contribution in [0.5, 0.6) is 0 Å². The summed E-state index contributed by atoms with van der Waals surface area (Å²) >= 11 is 4.39. The average molecular weight is 1180 g/mol. The second-order valence-corrected chi connectivity index (χ2v) is 43.8. The van der Waals surface area contributed by atoms with Crippen LogP contribution in [0.4, 0.5) is 0 Å². The average Bonchev–Trinajstić information content (AvgIpc) is 3.38. The van der Waals surface area contributed by atoms with Gasteiger partial charge >= 0.3 is 16.6 Å². The van der Waals surface area contributed by atoms with Crippen LogP contribution in [-0.4, -0.2) is 180 Å². The van der Waals surface area contributed by atoms with Crippen molar-refractivity contribution < 1.29 is 38.7 Å². The molecule has 0 saturated heterocycles. The van der Waals surface area contributed by atoms with E-state index < -0.39 is 30.1 Å². The molecule has 0 aliphatic carbocycles. The third-order valence-corrected chi connectivity index (χ3v) is 22.5. The van der Waals surface area contributed by atoms with Crippen LogP contribution in [0.15, 0.2) is 51.5 Å². The minimum Gasteiger partial charge on any atom is -0.352 e. The first-order valence-corrected chi connectivity index (χ1v) is 41.9. The molecule has 0 atom stereocenters. The zero-order valence-electron chi connectivity index (χ0n) is 47.8. The number of pyridine rings is 3. The van der Waals surface area contributed by atoms with E-state index in [0.29, 0.717) is 149 Å². The minimum absolute atomic E-state index is 0.0237. The number of nitrogens with one attached hydrogen (secondary N) is 6. The van der Waals surface area contributed by atoms with Crippen molar-refractivity contribution in [2.45, 2.75) is 131 Å². The van der Waals surface area contributed by atoms with Gasteiger partial charge in [0.25, 0.3) is 29.5 Å². The summed E-state index contributed by atoms with van der Waals surface area (Å²) in [6, 6.07) is 12.7. The summed E-state index contributed by atoms with van der Waals surface area (Å²) < 4.78 is 0.848. The van der Waals surface area contributed by atoms with E-state index in [1.165, 1.54) is 41.4 Å². The lowest BCUT2D eigenvalue weighted by Crippen LogP contribution is -2.46. The van der Waals surface area contributed by atoms with Crippen LogP contribution in [0.3, 0.4) is 0 Å². The SMILES string of the molecule is C[Si](C)(C)CCSc1nc2ccc1C(=O)NCCCN1CCCNC(=O)c3ccc(nc3SCC[Si](C)(C)C)C(=O)NCCCN(CCCNC2=O)CCCNC(=O)c2ccc(c(SCC[Si](C)(C)C)[n+]2O)C(=O)NCCC1. The number of thioether (sulfide) groups is 3. The molecule has 15 heterocycles. The summed E-state index contributed by atoms with van der Waals surface area (Å²) in [4.78, 5) is 96.8. The molecule has 430 valence electrons. The molecule has 15 rings (SSSR count). The number of hydrogen-bond donors (Lipinski definition) is 7. The maximum absolute atomic E-state index is 14.0. The largest absolute Gasteiger partial charge is 0.352 e. The molecule has 7 N–H and O–H groups in total. The molecule has 3 aromatic heterocycles. The van der Waals surface area contributed by atoms with Crippen LogP contribution in [0, 0.1) is 0 Å². The van der Waals surface area contributed by atoms with Gasteiger partial charge in [-0.2, -0.15) is 0 Å². The standard InChI is InChI=1S/C54H87N11O7S3Si3/c1-76(2,3)37-34-73-52-40-16-19-43(61-52)49(69)58-25-13-31-64-32-14-26-59-50(70)44-20-17-41(53(62-44)74-35-38-77(4,5)6)47(67)56-23-11-29-63(28-10-22-55-46(40)66)30-12-24-57-48(68)42-18-21-45(51(71)60-27-15-33-64)65(72)54(42)75-36-39-78(7,8)9/h16-21H,10-15,22-39H2,1-9H3,(H6-,55,56,57,58,59,60,66,67,68,69,70,71,72)/p+1. The van der Waals surface area contributed by atoms with Gasteiger partial charge in [0.05, 0.1) is 11.1 Å². The van der Waals surface area contributed by atoms with Gasteiger partial charge in [-0.05, 0) is 138 Å². The smallest absolute Gasteiger partial charge is 0.322 e. The molecule has 0 spiro atoms. The fourth-order valence-electron chi connectivity index (χ4n) is 8.33. The number of rotatable bonds is 12. The molecule has 6 amide bonds. The Hall–Kier alpha value is -4.31. The first-order valence-electron chi connectivity index (χ1n) is 27.8. The summed E-state index contributed by atoms with van der Waals surface area (Å²) in [5.74, 6) is 0.258. The predicted octanol–water partition coefficient (Wildman–Crippen LogP) is 7.04. The number of nitrogens with zero attached hydrogens (tertiary/aromatic N) is 5. The summed E-state index contributed by atoms with van der Waals surface area (Å²) in [6.45, 7) is 26.4. The van der Waals surface area contributed by atoms with E-state index in [9.17, 15) is 34.0 Å². The van der Waals surface area contributed by atoms with Gasteiger partial charge in [0.1, 0.15) is 27.0 Å². The Bertz CT molecular complexity index is 2420. The molecular formula is C54H88N11O7S3Si3+. The molecule has 3 aromatic rings. The molecule has 78 heavy (non-hydrogen) atoms. The predicted molar refractivity (Wildman–Crippen MR) is 324 cm³/mol. The summed E-state index contributed by atoms with van der Waals surface area (Å²) in [6.07, 6.45) is 3.59. The van der Waals surface area contributed by atoms with Gasteiger partial charge in [-0.15, -0.1) is 23.5 Å². The highest BCUT2D eigenvalue weighted by molar-refractivity contribution is 7.99. The highest BCUT2D eigenvalue weighted by Gasteiger charge is 2.31. The molecule has 12 aliphatic heterocycles. The summed E-state index contributed by atoms with van der Waals surface area (Å²) in [5, 5.41) is 31.3. The Kier molecular flexibility index (Phi) is 26.2. The molecule has 0 aromatic carbocycles. The molecule has 0 unspecified atom stereocenters. The maximum Gasteiger partial charge on any atom is 0.322 e. The van der Waals surface area contributed by atoms with Crippen LogP contribution in [0.2, 0.25) is 77.1 Å². The lowest BCUT2D eigenvalue weighted by Gasteiger charge is -2.23. The number of hydrogen-bond acceptors (Lipinski definition) is 14. The lowest BCUT2D eigenvalue weighted by atomic mass is 10.2. The lowest BCUT2D eigenvalue weighted by molar-refractivity contribution is -0.933. The summed E-state index contributed by atoms with van der Waals surface area (Å²) in [5.41, 5.74) is 1.65. The Balaban J connectivity index is 1.47. The second-order valence-electron chi connectivity index (χ2n) is 23.7. The zero-order valence-corrected chi connectivity index (χ0v) is 53.2. The van der Waals surface area contributed by atoms with Gasteiger partial charge in [-0.3, -0.25) is 34.0 Å². The van der Waals surface area contributed by atoms with Crippen molar-refractivity contribution in [2.75, 3.05) is 95.8 Å². The van der Waals surface area contributed by atoms with E-state index in [1.807, 2.05) is 0 Å². The highest BCUT2D eigenvalue weighted by Crippen LogP contribution is 2.27. The Labute approximate surface area is 479 Å². The van der Waals surface area contributed by atoms with Crippen LogP contribution in [0.25, 0.3) is 0 Å². The van der Waals surface area contributed by atoms with Crippen molar-refractivity contribution in [1.82, 2.24) is 51.7 Å². The van der Waals surface area contributed by atoms with Crippen LogP contribution in [-0.2, 0) is 0 Å². The van der Waals surface area contributed by atoms with E-state index in [2.05, 4.69) is 101 Å². The van der Waals surface area contributed by atoms with Crippen LogP contribution < -0.4 is 36.6 Å². The van der Waals surface area contributed by atoms with Crippen molar-refractivity contribution in [3.63, 3.8) is 0 Å². The number of carbonyl (C=O) groups is 6. The zero-order chi connectivity index (χ0) is 56.9. The van der Waals surface area contributed by atoms with Crippen LogP contribution in [0.1, 0.15) is 101 Å². The van der Waals surface area contributed by atoms with Crippen LogP contribution >= 0.6 is 35.3 Å². The fourth-order valence-corrected chi connectivity index (χ4v) is 19.0. The van der Waals surface area contributed by atoms with Gasteiger partial charge in [0.15, 0.2) is 0 Å². The van der Waals surface area contributed by atoms with E-state index in [4.69, 9.17) is 9.97 Å². The minimum atomic E-state index is -1.48. The molecule has 0 radical (unpaired) electrons. The molecule has 24 heteroatoms. The van der Waals surface area contributed by atoms with E-state index in [-0.39, 0.29) is 52.2 Å². The highest BCUT2D eigenvalue weighted by atomic mass is 32.2. The molecule has 0 fully saturated rings. The number of carbonyl (C=O) groups excluding carboxylic acids is 6. The van der Waals surface area contributed by atoms with Gasteiger partial charge < -0.3 is 41.7 Å². The number of amides is 6. The molecular weight excluding hydrogens is 1100 g/mol. The Morgan fingerprint density at radius 3 is 1.10 bits per heavy atom. The van der Waals surface area contributed by atoms with Gasteiger partial charge in [0, 0.05) is 80.0 Å². The quantitative estimate of drug-likeness (QED) is 0.0418. The topological polar surface area (TPSA) is 231 Å². The van der Waals surface area contributed by atoms with Gasteiger partial charge in [-0.1, -0.05) is 70.7 Å². The monoisotopic (exact) mass is 1180 g/mol. The van der Waals surface area contributed by atoms with Crippen molar-refractivity contribution in [2.24, 2.45) is 0 Å². The van der Waals surface area contributed by atoms with E-state index >= 15 is 0 Å². The Morgan fingerprint density at radius 1 is 0.436 bits per heavy atom. The van der Waals surface area contributed by atoms with Crippen molar-refractivity contribution >= 4 is 95.0 Å². The van der Waals surface area contributed by atoms with Crippen molar-refractivity contribution in [3.05, 3.63) is 70.2 Å².